The summed E-state index contributed by atoms with van der Waals surface area (Å²) in [6.45, 7) is 4.19. The van der Waals surface area contributed by atoms with Crippen molar-refractivity contribution in [3.63, 3.8) is 0 Å². The van der Waals surface area contributed by atoms with E-state index in [1.165, 1.54) is 11.3 Å². The Morgan fingerprint density at radius 2 is 1.88 bits per heavy atom. The first-order valence-electron chi connectivity index (χ1n) is 5.59. The topological polar surface area (TPSA) is 17.1 Å². The molecule has 0 bridgehead atoms. The van der Waals surface area contributed by atoms with Crippen LogP contribution in [-0.4, -0.2) is 5.78 Å². The van der Waals surface area contributed by atoms with Crippen molar-refractivity contribution in [1.29, 1.82) is 0 Å². The van der Waals surface area contributed by atoms with Crippen molar-refractivity contribution in [2.75, 3.05) is 0 Å². The molecule has 1 nitrogen and oxygen atoms in total. The number of rotatable bonds is 6. The van der Waals surface area contributed by atoms with Gasteiger partial charge in [-0.25, -0.2) is 0 Å². The third-order valence-corrected chi connectivity index (χ3v) is 4.05. The van der Waals surface area contributed by atoms with Gasteiger partial charge in [-0.1, -0.05) is 49.9 Å². The maximum Gasteiger partial charge on any atom is 0.168 e. The van der Waals surface area contributed by atoms with E-state index >= 15 is 0 Å². The van der Waals surface area contributed by atoms with Gasteiger partial charge in [-0.2, -0.15) is 0 Å². The van der Waals surface area contributed by atoms with E-state index in [1.807, 2.05) is 0 Å². The van der Waals surface area contributed by atoms with E-state index in [9.17, 15) is 4.79 Å². The van der Waals surface area contributed by atoms with Gasteiger partial charge in [0, 0.05) is 11.5 Å². The van der Waals surface area contributed by atoms with Crippen molar-refractivity contribution in [1.82, 2.24) is 0 Å². The number of carbonyl (C=O) groups excluding carboxylic acids is 1. The summed E-state index contributed by atoms with van der Waals surface area (Å²) in [6, 6.07) is 1.69. The maximum atomic E-state index is 12.2. The Morgan fingerprint density at radius 1 is 1.31 bits per heavy atom. The molecule has 1 aromatic rings. The number of Topliss-reactive ketones (excluding diaryl/α,β-unsaturated/α-hetero) is 1. The first-order chi connectivity index (χ1) is 7.60. The average Bonchev–Trinajstić information content (AvgIpc) is 2.56. The Bertz CT molecular complexity index is 354. The van der Waals surface area contributed by atoms with E-state index in [1.54, 1.807) is 6.07 Å². The number of ketones is 1. The Labute approximate surface area is 111 Å². The molecule has 1 heterocycles. The van der Waals surface area contributed by atoms with Gasteiger partial charge in [-0.05, 0) is 18.9 Å². The van der Waals surface area contributed by atoms with Gasteiger partial charge in [0.15, 0.2) is 5.78 Å². The summed E-state index contributed by atoms with van der Waals surface area (Å²) in [7, 11) is 0. The highest BCUT2D eigenvalue weighted by molar-refractivity contribution is 7.20. The van der Waals surface area contributed by atoms with Crippen molar-refractivity contribution < 1.29 is 4.79 Å². The van der Waals surface area contributed by atoms with Gasteiger partial charge in [-0.15, -0.1) is 11.3 Å². The molecule has 90 valence electrons. The summed E-state index contributed by atoms with van der Waals surface area (Å²) >= 11 is 13.1. The van der Waals surface area contributed by atoms with Crippen LogP contribution in [0.4, 0.5) is 0 Å². The highest BCUT2D eigenvalue weighted by Gasteiger charge is 2.22. The normalized spacial score (nSPS) is 11.1. The van der Waals surface area contributed by atoms with Gasteiger partial charge in [0.05, 0.1) is 4.34 Å². The predicted octanol–water partition coefficient (Wildman–Crippen LogP) is 5.45. The fraction of sp³-hybridized carbons (Fsp3) is 0.583. The smallest absolute Gasteiger partial charge is 0.168 e. The molecular weight excluding hydrogens is 263 g/mol. The predicted molar refractivity (Wildman–Crippen MR) is 72.0 cm³/mol. The SMILES string of the molecule is CCCC(CCC)C(=O)c1cc(Cl)sc1Cl. The van der Waals surface area contributed by atoms with Gasteiger partial charge in [0.25, 0.3) is 0 Å². The Kier molecular flexibility index (Phi) is 5.81. The lowest BCUT2D eigenvalue weighted by molar-refractivity contribution is 0.0905. The van der Waals surface area contributed by atoms with Crippen LogP contribution < -0.4 is 0 Å². The molecule has 0 N–H and O–H groups in total. The van der Waals surface area contributed by atoms with Crippen LogP contribution in [0, 0.1) is 5.92 Å². The summed E-state index contributed by atoms with van der Waals surface area (Å²) in [4.78, 5) is 12.2. The zero-order chi connectivity index (χ0) is 12.1. The standard InChI is InChI=1S/C12H16Cl2OS/c1-3-5-8(6-4-2)11(15)9-7-10(13)16-12(9)14/h7-8H,3-6H2,1-2H3. The van der Waals surface area contributed by atoms with E-state index in [4.69, 9.17) is 23.2 Å². The van der Waals surface area contributed by atoms with E-state index < -0.39 is 0 Å². The molecule has 0 aromatic carbocycles. The van der Waals surface area contributed by atoms with Crippen LogP contribution in [0.25, 0.3) is 0 Å². The second-order valence-electron chi connectivity index (χ2n) is 3.88. The highest BCUT2D eigenvalue weighted by Crippen LogP contribution is 2.34. The third kappa shape index (κ3) is 3.47. The van der Waals surface area contributed by atoms with Crippen LogP contribution in [0.15, 0.2) is 6.07 Å². The lowest BCUT2D eigenvalue weighted by Crippen LogP contribution is -2.14. The molecule has 0 radical (unpaired) electrons. The number of halogens is 2. The minimum atomic E-state index is 0.0955. The van der Waals surface area contributed by atoms with E-state index in [0.717, 1.165) is 25.7 Å². The molecule has 0 saturated heterocycles. The van der Waals surface area contributed by atoms with Crippen LogP contribution in [0.3, 0.4) is 0 Å². The molecule has 0 aliphatic carbocycles. The molecule has 0 aliphatic heterocycles. The molecule has 0 amide bonds. The molecule has 0 spiro atoms. The van der Waals surface area contributed by atoms with Crippen LogP contribution in [0.5, 0.6) is 0 Å². The number of thiophene rings is 1. The van der Waals surface area contributed by atoms with Crippen molar-refractivity contribution >= 4 is 40.3 Å². The summed E-state index contributed by atoms with van der Waals surface area (Å²) in [5, 5.41) is 0. The zero-order valence-electron chi connectivity index (χ0n) is 9.56. The lowest BCUT2D eigenvalue weighted by atomic mass is 9.91. The Hall–Kier alpha value is -0.0500. The maximum absolute atomic E-state index is 12.2. The van der Waals surface area contributed by atoms with Crippen molar-refractivity contribution in [3.8, 4) is 0 Å². The van der Waals surface area contributed by atoms with E-state index in [2.05, 4.69) is 13.8 Å². The summed E-state index contributed by atoms with van der Waals surface area (Å²) in [5.41, 5.74) is 0.601. The molecule has 0 aliphatic rings. The minimum Gasteiger partial charge on any atom is -0.294 e. The van der Waals surface area contributed by atoms with Gasteiger partial charge in [0.2, 0.25) is 0 Å². The largest absolute Gasteiger partial charge is 0.294 e. The zero-order valence-corrected chi connectivity index (χ0v) is 11.9. The Balaban J connectivity index is 2.85. The first kappa shape index (κ1) is 14.0. The molecule has 1 aromatic heterocycles. The molecule has 16 heavy (non-hydrogen) atoms. The molecule has 0 fully saturated rings. The van der Waals surface area contributed by atoms with Gasteiger partial charge >= 0.3 is 0 Å². The quantitative estimate of drug-likeness (QED) is 0.632. The number of hydrogen-bond donors (Lipinski definition) is 0. The fourth-order valence-corrected chi connectivity index (χ4v) is 3.31. The summed E-state index contributed by atoms with van der Waals surface area (Å²) in [5.74, 6) is 0.245. The number of hydrogen-bond acceptors (Lipinski definition) is 2. The molecule has 1 rings (SSSR count). The monoisotopic (exact) mass is 278 g/mol. The highest BCUT2D eigenvalue weighted by atomic mass is 35.5. The molecule has 0 unspecified atom stereocenters. The molecule has 0 atom stereocenters. The second-order valence-corrected chi connectivity index (χ2v) is 6.16. The van der Waals surface area contributed by atoms with Crippen molar-refractivity contribution in [3.05, 3.63) is 20.3 Å². The van der Waals surface area contributed by atoms with Crippen molar-refractivity contribution in [2.24, 2.45) is 5.92 Å². The second kappa shape index (κ2) is 6.63. The molecule has 4 heteroatoms. The van der Waals surface area contributed by atoms with Crippen LogP contribution in [0.2, 0.25) is 8.67 Å². The third-order valence-electron chi connectivity index (χ3n) is 2.57. The van der Waals surface area contributed by atoms with Gasteiger partial charge < -0.3 is 0 Å². The summed E-state index contributed by atoms with van der Waals surface area (Å²) < 4.78 is 1.10. The molecule has 0 saturated carbocycles. The van der Waals surface area contributed by atoms with Gasteiger partial charge in [-0.3, -0.25) is 4.79 Å². The average molecular weight is 279 g/mol. The summed E-state index contributed by atoms with van der Waals surface area (Å²) in [6.07, 6.45) is 3.89. The van der Waals surface area contributed by atoms with E-state index in [0.29, 0.717) is 14.2 Å². The Morgan fingerprint density at radius 3 is 2.25 bits per heavy atom. The van der Waals surface area contributed by atoms with Crippen LogP contribution >= 0.6 is 34.5 Å². The van der Waals surface area contributed by atoms with Crippen molar-refractivity contribution in [2.45, 2.75) is 39.5 Å². The first-order valence-corrected chi connectivity index (χ1v) is 7.16. The van der Waals surface area contributed by atoms with Gasteiger partial charge in [0.1, 0.15) is 4.34 Å². The van der Waals surface area contributed by atoms with Crippen LogP contribution in [-0.2, 0) is 0 Å². The number of carbonyl (C=O) groups is 1. The van der Waals surface area contributed by atoms with E-state index in [-0.39, 0.29) is 11.7 Å². The molecular formula is C12H16Cl2OS. The van der Waals surface area contributed by atoms with Crippen LogP contribution in [0.1, 0.15) is 49.9 Å². The lowest BCUT2D eigenvalue weighted by Gasteiger charge is -2.13. The fourth-order valence-electron chi connectivity index (χ4n) is 1.83. The minimum absolute atomic E-state index is 0.0955.